The Balaban J connectivity index is 3.39. The van der Waals surface area contributed by atoms with E-state index >= 15 is 0 Å². The summed E-state index contributed by atoms with van der Waals surface area (Å²) in [5.74, 6) is -1.71. The van der Waals surface area contributed by atoms with Crippen LogP contribution in [0.3, 0.4) is 0 Å². The number of nitrogens with zero attached hydrogens (tertiary/aromatic N) is 1. The van der Waals surface area contributed by atoms with Gasteiger partial charge in [0.05, 0.1) is 31.7 Å². The van der Waals surface area contributed by atoms with Gasteiger partial charge in [-0.3, -0.25) is 14.4 Å². The largest absolute Gasteiger partial charge is 0.469 e. The summed E-state index contributed by atoms with van der Waals surface area (Å²) >= 11 is 0. The molecule has 0 aliphatic rings. The fourth-order valence-corrected chi connectivity index (χ4v) is 3.18. The first kappa shape index (κ1) is 24.3. The summed E-state index contributed by atoms with van der Waals surface area (Å²) < 4.78 is 9.70. The maximum Gasteiger partial charge on any atom is 0.338 e. The Morgan fingerprint density at radius 3 is 2.17 bits per heavy atom. The Bertz CT molecular complexity index is 756. The third kappa shape index (κ3) is 6.69. The van der Waals surface area contributed by atoms with Gasteiger partial charge in [-0.25, -0.2) is 4.79 Å². The second kappa shape index (κ2) is 11.3. The van der Waals surface area contributed by atoms with Crippen LogP contribution in [0.25, 0.3) is 0 Å². The number of carbonyl (C=O) groups excluding carboxylic acids is 4. The lowest BCUT2D eigenvalue weighted by molar-refractivity contribution is -0.142. The molecule has 7 heteroatoms. The number of hydrogen-bond donors (Lipinski definition) is 0. The molecule has 1 unspecified atom stereocenters. The van der Waals surface area contributed by atoms with Crippen LogP contribution >= 0.6 is 0 Å². The molecule has 0 aromatic heterocycles. The monoisotopic (exact) mass is 405 g/mol. The Hall–Kier alpha value is -2.70. The first-order valence-corrected chi connectivity index (χ1v) is 9.86. The molecule has 0 saturated carbocycles. The van der Waals surface area contributed by atoms with Crippen molar-refractivity contribution < 1.29 is 28.7 Å². The van der Waals surface area contributed by atoms with Crippen molar-refractivity contribution in [2.24, 2.45) is 5.92 Å². The zero-order chi connectivity index (χ0) is 22.1. The molecule has 0 aliphatic heterocycles. The number of esters is 2. The Kier molecular flexibility index (Phi) is 9.51. The maximum atomic E-state index is 12.9. The first-order valence-electron chi connectivity index (χ1n) is 9.86. The zero-order valence-electron chi connectivity index (χ0n) is 18.1. The van der Waals surface area contributed by atoms with Gasteiger partial charge < -0.3 is 14.4 Å². The summed E-state index contributed by atoms with van der Waals surface area (Å²) in [4.78, 5) is 50.6. The van der Waals surface area contributed by atoms with E-state index in [-0.39, 0.29) is 37.1 Å². The summed E-state index contributed by atoms with van der Waals surface area (Å²) in [6, 6.07) is 4.33. The first-order chi connectivity index (χ1) is 13.7. The van der Waals surface area contributed by atoms with E-state index in [1.165, 1.54) is 18.9 Å². The lowest BCUT2D eigenvalue weighted by Crippen LogP contribution is -2.47. The molecular weight excluding hydrogens is 374 g/mol. The van der Waals surface area contributed by atoms with Crippen LogP contribution in [-0.2, 0) is 30.3 Å². The van der Waals surface area contributed by atoms with Crippen LogP contribution in [0.4, 0.5) is 5.69 Å². The number of benzene rings is 1. The third-order valence-corrected chi connectivity index (χ3v) is 4.56. The molecule has 0 radical (unpaired) electrons. The number of aryl methyl sites for hydroxylation is 1. The van der Waals surface area contributed by atoms with Crippen molar-refractivity contribution >= 4 is 29.3 Å². The zero-order valence-corrected chi connectivity index (χ0v) is 18.1. The number of Topliss-reactive ketones (excluding diaryl/α,β-unsaturated/α-hetero) is 1. The minimum atomic E-state index is -0.765. The average molecular weight is 405 g/mol. The molecule has 160 valence electrons. The summed E-state index contributed by atoms with van der Waals surface area (Å²) in [6.07, 6.45) is 0.569. The molecule has 0 aliphatic carbocycles. The van der Waals surface area contributed by atoms with Crippen LogP contribution in [0.2, 0.25) is 0 Å². The molecule has 0 spiro atoms. The van der Waals surface area contributed by atoms with Crippen molar-refractivity contribution in [1.29, 1.82) is 0 Å². The highest BCUT2D eigenvalue weighted by Gasteiger charge is 2.32. The molecule has 0 N–H and O–H groups in total. The smallest absolute Gasteiger partial charge is 0.338 e. The number of methoxy groups -OCH3 is 1. The molecular formula is C22H31NO6. The van der Waals surface area contributed by atoms with Crippen molar-refractivity contribution in [3.8, 4) is 0 Å². The topological polar surface area (TPSA) is 90.0 Å². The van der Waals surface area contributed by atoms with Gasteiger partial charge in [0, 0.05) is 19.0 Å². The number of ketones is 1. The van der Waals surface area contributed by atoms with Crippen LogP contribution < -0.4 is 4.90 Å². The van der Waals surface area contributed by atoms with Crippen molar-refractivity contribution in [3.63, 3.8) is 0 Å². The Morgan fingerprint density at radius 1 is 1.03 bits per heavy atom. The summed E-state index contributed by atoms with van der Waals surface area (Å²) in [7, 11) is 1.27. The second-order valence-electron chi connectivity index (χ2n) is 7.08. The SMILES string of the molecule is CCOC(=O)c1cc(CC)cc(N(C(C)=O)C(C(=O)CCC(=O)OC)C(C)C)c1. The summed E-state index contributed by atoms with van der Waals surface area (Å²) in [5.41, 5.74) is 1.64. The number of ether oxygens (including phenoxy) is 2. The van der Waals surface area contributed by atoms with Crippen LogP contribution in [0.1, 0.15) is 63.4 Å². The molecule has 1 atom stereocenters. The molecule has 1 aromatic rings. The van der Waals surface area contributed by atoms with Gasteiger partial charge in [-0.15, -0.1) is 0 Å². The molecule has 29 heavy (non-hydrogen) atoms. The molecule has 1 rings (SSSR count). The van der Waals surface area contributed by atoms with E-state index in [0.29, 0.717) is 17.7 Å². The van der Waals surface area contributed by atoms with E-state index in [9.17, 15) is 19.2 Å². The fraction of sp³-hybridized carbons (Fsp3) is 0.545. The van der Waals surface area contributed by atoms with Crippen LogP contribution in [0.5, 0.6) is 0 Å². The summed E-state index contributed by atoms with van der Waals surface area (Å²) in [5, 5.41) is 0. The molecule has 0 fully saturated rings. The van der Waals surface area contributed by atoms with Gasteiger partial charge in [0.25, 0.3) is 0 Å². The van der Waals surface area contributed by atoms with Gasteiger partial charge in [0.2, 0.25) is 5.91 Å². The Labute approximate surface area is 172 Å². The van der Waals surface area contributed by atoms with Crippen LogP contribution in [0, 0.1) is 5.92 Å². The lowest BCUT2D eigenvalue weighted by Gasteiger charge is -2.33. The minimum Gasteiger partial charge on any atom is -0.469 e. The normalized spacial score (nSPS) is 11.7. The fourth-order valence-electron chi connectivity index (χ4n) is 3.18. The van der Waals surface area contributed by atoms with Crippen molar-refractivity contribution in [3.05, 3.63) is 29.3 Å². The van der Waals surface area contributed by atoms with Gasteiger partial charge in [-0.05, 0) is 43.0 Å². The predicted molar refractivity (Wildman–Crippen MR) is 110 cm³/mol. The molecule has 0 bridgehead atoms. The third-order valence-electron chi connectivity index (χ3n) is 4.56. The minimum absolute atomic E-state index is 0.0303. The maximum absolute atomic E-state index is 12.9. The van der Waals surface area contributed by atoms with Crippen molar-refractivity contribution in [2.45, 2.75) is 59.9 Å². The highest BCUT2D eigenvalue weighted by atomic mass is 16.5. The van der Waals surface area contributed by atoms with Crippen LogP contribution in [-0.4, -0.2) is 43.4 Å². The standard InChI is InChI=1S/C22H31NO6/c1-7-16-11-17(22(27)29-8-2)13-18(12-16)23(15(5)24)21(14(3)4)19(25)9-10-20(26)28-6/h11-14,21H,7-10H2,1-6H3. The number of amides is 1. The number of carbonyl (C=O) groups is 4. The highest BCUT2D eigenvalue weighted by Crippen LogP contribution is 2.27. The van der Waals surface area contributed by atoms with E-state index in [0.717, 1.165) is 5.56 Å². The van der Waals surface area contributed by atoms with Gasteiger partial charge in [0.1, 0.15) is 0 Å². The van der Waals surface area contributed by atoms with E-state index in [1.54, 1.807) is 25.1 Å². The van der Waals surface area contributed by atoms with E-state index in [4.69, 9.17) is 4.74 Å². The van der Waals surface area contributed by atoms with Gasteiger partial charge >= 0.3 is 11.9 Å². The quantitative estimate of drug-likeness (QED) is 0.555. The molecule has 0 saturated heterocycles. The number of anilines is 1. The predicted octanol–water partition coefficient (Wildman–Crippen LogP) is 3.33. The molecule has 0 heterocycles. The van der Waals surface area contributed by atoms with Crippen molar-refractivity contribution in [2.75, 3.05) is 18.6 Å². The highest BCUT2D eigenvalue weighted by molar-refractivity contribution is 6.02. The average Bonchev–Trinajstić information content (AvgIpc) is 2.68. The van der Waals surface area contributed by atoms with Gasteiger partial charge in [0.15, 0.2) is 5.78 Å². The van der Waals surface area contributed by atoms with E-state index < -0.39 is 18.0 Å². The van der Waals surface area contributed by atoms with Gasteiger partial charge in [-0.2, -0.15) is 0 Å². The van der Waals surface area contributed by atoms with E-state index in [2.05, 4.69) is 4.74 Å². The number of hydrogen-bond acceptors (Lipinski definition) is 6. The Morgan fingerprint density at radius 2 is 1.69 bits per heavy atom. The summed E-state index contributed by atoms with van der Waals surface area (Å²) in [6.45, 7) is 8.96. The second-order valence-corrected chi connectivity index (χ2v) is 7.08. The van der Waals surface area contributed by atoms with Crippen LogP contribution in [0.15, 0.2) is 18.2 Å². The number of rotatable bonds is 10. The van der Waals surface area contributed by atoms with E-state index in [1.807, 2.05) is 20.8 Å². The molecule has 1 aromatic carbocycles. The molecule has 7 nitrogen and oxygen atoms in total. The lowest BCUT2D eigenvalue weighted by atomic mass is 9.93. The van der Waals surface area contributed by atoms with Gasteiger partial charge in [-0.1, -0.05) is 20.8 Å². The molecule has 1 amide bonds. The van der Waals surface area contributed by atoms with Crippen molar-refractivity contribution in [1.82, 2.24) is 0 Å².